The van der Waals surface area contributed by atoms with E-state index in [0.717, 1.165) is 66.1 Å². The second-order valence-electron chi connectivity index (χ2n) is 15.4. The van der Waals surface area contributed by atoms with Crippen LogP contribution < -0.4 is 9.47 Å². The van der Waals surface area contributed by atoms with E-state index in [9.17, 15) is 10.2 Å². The van der Waals surface area contributed by atoms with Gasteiger partial charge in [-0.2, -0.15) is 0 Å². The van der Waals surface area contributed by atoms with E-state index in [2.05, 4.69) is 121 Å². The van der Waals surface area contributed by atoms with Gasteiger partial charge in [-0.05, 0) is 127 Å². The van der Waals surface area contributed by atoms with Crippen LogP contribution in [0.5, 0.6) is 11.5 Å². The van der Waals surface area contributed by atoms with Crippen LogP contribution in [0.2, 0.25) is 0 Å². The molecule has 0 radical (unpaired) electrons. The number of hydrogen-bond donors (Lipinski definition) is 2. The van der Waals surface area contributed by atoms with Crippen molar-refractivity contribution in [2.75, 3.05) is 26.4 Å². The van der Waals surface area contributed by atoms with E-state index < -0.39 is 5.41 Å². The van der Waals surface area contributed by atoms with E-state index in [-0.39, 0.29) is 26.4 Å². The Morgan fingerprint density at radius 2 is 0.814 bits per heavy atom. The van der Waals surface area contributed by atoms with Crippen LogP contribution in [0, 0.1) is 0 Å². The Labute approximate surface area is 339 Å². The Morgan fingerprint density at radius 1 is 0.373 bits per heavy atom. The molecule has 0 saturated heterocycles. The first-order chi connectivity index (χ1) is 29.1. The van der Waals surface area contributed by atoms with Crippen LogP contribution in [0.15, 0.2) is 167 Å². The van der Waals surface area contributed by atoms with Crippen molar-refractivity contribution in [1.29, 1.82) is 0 Å². The van der Waals surface area contributed by atoms with Gasteiger partial charge < -0.3 is 28.5 Å². The zero-order chi connectivity index (χ0) is 39.2. The number of aliphatic hydroxyl groups excluding tert-OH is 2. The minimum Gasteiger partial charge on any atom is -0.491 e. The van der Waals surface area contributed by atoms with Crippen molar-refractivity contribution in [2.45, 2.75) is 5.41 Å². The highest BCUT2D eigenvalue weighted by atomic mass is 16.5. The molecule has 59 heavy (non-hydrogen) atoms. The van der Waals surface area contributed by atoms with Gasteiger partial charge in [0.2, 0.25) is 0 Å². The lowest BCUT2D eigenvalue weighted by Crippen LogP contribution is -2.26. The number of furan rings is 2. The molecule has 0 amide bonds. The van der Waals surface area contributed by atoms with Gasteiger partial charge in [-0.1, -0.05) is 84.9 Å². The van der Waals surface area contributed by atoms with Crippen molar-refractivity contribution in [3.63, 3.8) is 0 Å². The van der Waals surface area contributed by atoms with Crippen LogP contribution in [-0.2, 0) is 5.41 Å². The highest BCUT2D eigenvalue weighted by Crippen LogP contribution is 2.63. The average Bonchev–Trinajstić information content (AvgIpc) is 4.01. The van der Waals surface area contributed by atoms with E-state index in [0.29, 0.717) is 11.5 Å². The smallest absolute Gasteiger partial charge is 0.139 e. The third kappa shape index (κ3) is 4.94. The molecule has 10 aromatic rings. The maximum Gasteiger partial charge on any atom is 0.139 e. The quantitative estimate of drug-likeness (QED) is 0.160. The monoisotopic (exact) mass is 768 g/mol. The Hall–Kier alpha value is -7.12. The van der Waals surface area contributed by atoms with Crippen molar-refractivity contribution in [3.8, 4) is 56.0 Å². The number of ether oxygens (including phenoxy) is 2. The van der Waals surface area contributed by atoms with Crippen LogP contribution in [0.3, 0.4) is 0 Å². The van der Waals surface area contributed by atoms with Crippen molar-refractivity contribution in [2.24, 2.45) is 0 Å². The molecular formula is C53H36O6. The fourth-order valence-corrected chi connectivity index (χ4v) is 9.88. The van der Waals surface area contributed by atoms with Gasteiger partial charge in [-0.25, -0.2) is 0 Å². The largest absolute Gasteiger partial charge is 0.491 e. The first-order valence-electron chi connectivity index (χ1n) is 20.0. The summed E-state index contributed by atoms with van der Waals surface area (Å²) in [5.74, 6) is 1.34. The minimum absolute atomic E-state index is 0.0432. The molecule has 284 valence electrons. The number of hydrogen-bond acceptors (Lipinski definition) is 6. The van der Waals surface area contributed by atoms with E-state index in [1.807, 2.05) is 36.4 Å². The molecule has 6 heteroatoms. The fourth-order valence-electron chi connectivity index (χ4n) is 9.88. The van der Waals surface area contributed by atoms with Crippen molar-refractivity contribution >= 4 is 43.9 Å². The Morgan fingerprint density at radius 3 is 1.41 bits per heavy atom. The Bertz CT molecular complexity index is 3320. The zero-order valence-corrected chi connectivity index (χ0v) is 31.9. The van der Waals surface area contributed by atoms with Crippen molar-refractivity contribution < 1.29 is 28.5 Å². The number of rotatable bonds is 8. The molecule has 2 heterocycles. The molecule has 0 aliphatic heterocycles. The number of benzene rings is 8. The summed E-state index contributed by atoms with van der Waals surface area (Å²) in [7, 11) is 0. The topological polar surface area (TPSA) is 85.2 Å². The van der Waals surface area contributed by atoms with Gasteiger partial charge in [0.15, 0.2) is 0 Å². The summed E-state index contributed by atoms with van der Waals surface area (Å²) >= 11 is 0. The molecule has 1 atom stereocenters. The Balaban J connectivity index is 1.02. The Kier molecular flexibility index (Phi) is 7.45. The fraction of sp³-hybridized carbons (Fsp3) is 0.0943. The molecule has 2 aromatic heterocycles. The molecule has 2 aliphatic carbocycles. The summed E-state index contributed by atoms with van der Waals surface area (Å²) in [4.78, 5) is 0. The van der Waals surface area contributed by atoms with Crippen LogP contribution in [0.1, 0.15) is 22.3 Å². The highest BCUT2D eigenvalue weighted by molar-refractivity contribution is 6.08. The van der Waals surface area contributed by atoms with Gasteiger partial charge >= 0.3 is 0 Å². The molecule has 8 aromatic carbocycles. The second-order valence-corrected chi connectivity index (χ2v) is 15.4. The molecule has 0 fully saturated rings. The predicted octanol–water partition coefficient (Wildman–Crippen LogP) is 11.9. The summed E-state index contributed by atoms with van der Waals surface area (Å²) in [6, 6.07) is 56.4. The van der Waals surface area contributed by atoms with Crippen LogP contribution in [0.4, 0.5) is 0 Å². The number of fused-ring (bicyclic) bond motifs is 16. The van der Waals surface area contributed by atoms with Crippen molar-refractivity contribution in [1.82, 2.24) is 0 Å². The maximum absolute atomic E-state index is 9.25. The van der Waals surface area contributed by atoms with Crippen LogP contribution in [-0.4, -0.2) is 36.6 Å². The molecule has 2 aliphatic rings. The van der Waals surface area contributed by atoms with E-state index in [1.165, 1.54) is 44.5 Å². The summed E-state index contributed by atoms with van der Waals surface area (Å²) in [5.41, 5.74) is 17.2. The predicted molar refractivity (Wildman–Crippen MR) is 233 cm³/mol. The zero-order valence-electron chi connectivity index (χ0n) is 31.9. The molecular weight excluding hydrogens is 733 g/mol. The van der Waals surface area contributed by atoms with Gasteiger partial charge in [0.05, 0.1) is 18.6 Å². The molecule has 2 N–H and O–H groups in total. The third-order valence-corrected chi connectivity index (χ3v) is 12.4. The summed E-state index contributed by atoms with van der Waals surface area (Å²) in [6.07, 6.45) is 0. The van der Waals surface area contributed by atoms with E-state index >= 15 is 0 Å². The molecule has 0 bridgehead atoms. The van der Waals surface area contributed by atoms with Gasteiger partial charge in [0.1, 0.15) is 47.0 Å². The molecule has 6 nitrogen and oxygen atoms in total. The lowest BCUT2D eigenvalue weighted by molar-refractivity contribution is 0.201. The summed E-state index contributed by atoms with van der Waals surface area (Å²) in [5, 5.41) is 22.6. The minimum atomic E-state index is -0.532. The van der Waals surface area contributed by atoms with Gasteiger partial charge in [0, 0.05) is 33.7 Å². The maximum atomic E-state index is 9.25. The van der Waals surface area contributed by atoms with Crippen molar-refractivity contribution in [3.05, 3.63) is 180 Å². The lowest BCUT2D eigenvalue weighted by atomic mass is 9.70. The average molecular weight is 769 g/mol. The molecule has 1 unspecified atom stereocenters. The van der Waals surface area contributed by atoms with Crippen LogP contribution >= 0.6 is 0 Å². The van der Waals surface area contributed by atoms with Crippen LogP contribution in [0.25, 0.3) is 88.4 Å². The summed E-state index contributed by atoms with van der Waals surface area (Å²) in [6.45, 7) is 0.384. The first kappa shape index (κ1) is 34.0. The molecule has 12 rings (SSSR count). The molecule has 0 saturated carbocycles. The van der Waals surface area contributed by atoms with E-state index in [1.54, 1.807) is 0 Å². The molecule has 1 spiro atoms. The van der Waals surface area contributed by atoms with E-state index in [4.69, 9.17) is 18.3 Å². The highest BCUT2D eigenvalue weighted by Gasteiger charge is 2.51. The van der Waals surface area contributed by atoms with Gasteiger partial charge in [-0.15, -0.1) is 0 Å². The lowest BCUT2D eigenvalue weighted by Gasteiger charge is -2.31. The number of aliphatic hydroxyl groups is 2. The van der Waals surface area contributed by atoms with Gasteiger partial charge in [0.25, 0.3) is 0 Å². The SMILES string of the molecule is OCCOc1ccc2c(c1)oc1cc(-c3ccc4c(c3)C3(c5ccccc5-4)c4ccccc4-c4ccc(-c5ccc6oc7cc(OCCO)ccc7c6c5)cc43)ccc12. The third-order valence-electron chi connectivity index (χ3n) is 12.4. The first-order valence-corrected chi connectivity index (χ1v) is 20.0. The normalized spacial score (nSPS) is 14.9. The second kappa shape index (κ2) is 12.9. The summed E-state index contributed by atoms with van der Waals surface area (Å²) < 4.78 is 24.0. The standard InChI is InChI=1S/C53H36O6/c54-21-23-56-35-13-18-42-41-17-11-34(28-50(41)59-51(42)29-35)33-10-16-40-38-6-2-4-8-46(38)53(48(40)27-33)45-7-3-1-5-37(45)39-15-9-32(26-47(39)53)31-12-20-49-44(25-31)43-19-14-36(57-24-22-55)30-52(43)58-49/h1-20,25-30,54-55H,21-24H2. The van der Waals surface area contributed by atoms with Gasteiger partial charge in [-0.3, -0.25) is 0 Å².